The van der Waals surface area contributed by atoms with Crippen molar-refractivity contribution in [2.45, 2.75) is 129 Å². The average Bonchev–Trinajstić information content (AvgIpc) is 3.24. The van der Waals surface area contributed by atoms with Gasteiger partial charge in [-0.1, -0.05) is 169 Å². The fourth-order valence-corrected chi connectivity index (χ4v) is 8.71. The van der Waals surface area contributed by atoms with Gasteiger partial charge in [0.1, 0.15) is 18.0 Å². The number of piperazine rings is 1. The third-order valence-corrected chi connectivity index (χ3v) is 11.9. The Morgan fingerprint density at radius 3 is 2.16 bits per heavy atom. The number of nitrogens with zero attached hydrogens (tertiary/aromatic N) is 3. The molecular formula is C49H62N4O5. The van der Waals surface area contributed by atoms with Gasteiger partial charge in [-0.15, -0.1) is 0 Å². The van der Waals surface area contributed by atoms with Crippen molar-refractivity contribution < 1.29 is 23.9 Å². The van der Waals surface area contributed by atoms with Crippen LogP contribution in [0.5, 0.6) is 5.75 Å². The Balaban J connectivity index is 1.21. The van der Waals surface area contributed by atoms with Crippen LogP contribution < -0.4 is 10.1 Å². The van der Waals surface area contributed by atoms with Gasteiger partial charge < -0.3 is 24.8 Å². The van der Waals surface area contributed by atoms with Crippen molar-refractivity contribution in [1.82, 2.24) is 20.0 Å². The lowest BCUT2D eigenvalue weighted by atomic mass is 9.87. The molecule has 4 aromatic carbocycles. The molecular weight excluding hydrogens is 725 g/mol. The van der Waals surface area contributed by atoms with E-state index in [1.165, 1.54) is 44.9 Å². The van der Waals surface area contributed by atoms with Gasteiger partial charge in [-0.25, -0.2) is 4.79 Å². The third-order valence-electron chi connectivity index (χ3n) is 11.9. The van der Waals surface area contributed by atoms with Crippen molar-refractivity contribution in [1.29, 1.82) is 0 Å². The molecule has 0 saturated carbocycles. The lowest BCUT2D eigenvalue weighted by Crippen LogP contribution is -2.72. The Labute approximate surface area is 345 Å². The minimum absolute atomic E-state index is 0.000411. The van der Waals surface area contributed by atoms with Gasteiger partial charge >= 0.3 is 12.0 Å². The van der Waals surface area contributed by atoms with Gasteiger partial charge in [0, 0.05) is 32.5 Å². The maximum absolute atomic E-state index is 14.8. The molecule has 1 N–H and O–H groups in total. The van der Waals surface area contributed by atoms with Gasteiger partial charge in [0.15, 0.2) is 0 Å². The number of hydrogen-bond acceptors (Lipinski definition) is 5. The van der Waals surface area contributed by atoms with Crippen LogP contribution >= 0.6 is 0 Å². The van der Waals surface area contributed by atoms with Crippen molar-refractivity contribution in [3.05, 3.63) is 114 Å². The van der Waals surface area contributed by atoms with Crippen LogP contribution in [0.15, 0.2) is 103 Å². The van der Waals surface area contributed by atoms with Crippen molar-refractivity contribution in [3.63, 3.8) is 0 Å². The summed E-state index contributed by atoms with van der Waals surface area (Å²) in [6.45, 7) is 3.46. The van der Waals surface area contributed by atoms with Crippen LogP contribution in [0.2, 0.25) is 0 Å². The first kappa shape index (κ1) is 42.4. The zero-order valence-corrected chi connectivity index (χ0v) is 34.4. The maximum Gasteiger partial charge on any atom is 0.319 e. The summed E-state index contributed by atoms with van der Waals surface area (Å²) in [6.07, 6.45) is 13.8. The molecule has 58 heavy (non-hydrogen) atoms. The second-order valence-electron chi connectivity index (χ2n) is 16.1. The molecule has 0 aliphatic carbocycles. The van der Waals surface area contributed by atoms with Crippen molar-refractivity contribution in [2.24, 2.45) is 5.92 Å². The smallest absolute Gasteiger partial charge is 0.319 e. The first-order chi connectivity index (χ1) is 28.4. The van der Waals surface area contributed by atoms with E-state index in [0.29, 0.717) is 31.7 Å². The van der Waals surface area contributed by atoms with Crippen LogP contribution in [0.3, 0.4) is 0 Å². The Bertz CT molecular complexity index is 1910. The molecule has 6 rings (SSSR count). The molecule has 4 amide bonds. The summed E-state index contributed by atoms with van der Waals surface area (Å²) in [6, 6.07) is 32.2. The SMILES string of the molecule is CCCCCCCCCCCCC(CCC(=O)Oc1ccccc1)C[C@H]1C(=O)N(Cc2cccc3ccccc23)CC2N(C(=O)NCc3ccccc3)CCC(=O)N21. The Hall–Kier alpha value is -5.18. The van der Waals surface area contributed by atoms with Gasteiger partial charge in [-0.2, -0.15) is 0 Å². The standard InChI is InChI=1S/C49H62N4O5/c1-2-3-4-5-6-7-8-9-10-13-21-38(30-31-47(55)58-42-27-16-12-17-28-42)34-44-48(56)51(36-41-26-20-25-40-24-18-19-29-43(40)41)37-45-52(33-32-46(54)53(44)45)49(57)50-35-39-22-14-11-15-23-39/h11-12,14-20,22-29,38,44-45H,2-10,13,21,30-37H2,1H3,(H,50,57)/t38?,44-,45?/m0/s1. The summed E-state index contributed by atoms with van der Waals surface area (Å²) in [5, 5.41) is 5.25. The molecule has 2 unspecified atom stereocenters. The number of esters is 1. The van der Waals surface area contributed by atoms with Crippen LogP contribution in [0, 0.1) is 5.92 Å². The number of fused-ring (bicyclic) bond motifs is 2. The Morgan fingerprint density at radius 1 is 0.759 bits per heavy atom. The summed E-state index contributed by atoms with van der Waals surface area (Å²) in [5.74, 6) is -0.0114. The second kappa shape index (κ2) is 22.1. The highest BCUT2D eigenvalue weighted by molar-refractivity contribution is 5.92. The Morgan fingerprint density at radius 2 is 1.41 bits per heavy atom. The lowest BCUT2D eigenvalue weighted by molar-refractivity contribution is -0.168. The summed E-state index contributed by atoms with van der Waals surface area (Å²) in [5.41, 5.74) is 2.00. The fraction of sp³-hybridized carbons (Fsp3) is 0.469. The van der Waals surface area contributed by atoms with E-state index in [1.54, 1.807) is 21.9 Å². The number of nitrogens with one attached hydrogen (secondary N) is 1. The molecule has 0 aromatic heterocycles. The summed E-state index contributed by atoms with van der Waals surface area (Å²) in [7, 11) is 0. The van der Waals surface area contributed by atoms with E-state index in [2.05, 4.69) is 36.5 Å². The van der Waals surface area contributed by atoms with Crippen LogP contribution in [0.25, 0.3) is 10.8 Å². The first-order valence-corrected chi connectivity index (χ1v) is 21.8. The second-order valence-corrected chi connectivity index (χ2v) is 16.1. The van der Waals surface area contributed by atoms with Gasteiger partial charge in [-0.05, 0) is 52.8 Å². The monoisotopic (exact) mass is 786 g/mol. The zero-order chi connectivity index (χ0) is 40.5. The van der Waals surface area contributed by atoms with Gasteiger partial charge in [0.05, 0.1) is 6.54 Å². The number of unbranched alkanes of at least 4 members (excludes halogenated alkanes) is 9. The minimum Gasteiger partial charge on any atom is -0.427 e. The predicted octanol–water partition coefficient (Wildman–Crippen LogP) is 10.0. The van der Waals surface area contributed by atoms with Gasteiger partial charge in [-0.3, -0.25) is 14.4 Å². The summed E-state index contributed by atoms with van der Waals surface area (Å²) < 4.78 is 5.67. The molecule has 0 radical (unpaired) electrons. The van der Waals surface area contributed by atoms with Crippen LogP contribution in [0.4, 0.5) is 4.79 Å². The van der Waals surface area contributed by atoms with Crippen LogP contribution in [0.1, 0.15) is 114 Å². The van der Waals surface area contributed by atoms with Gasteiger partial charge in [0.25, 0.3) is 0 Å². The lowest BCUT2D eigenvalue weighted by Gasteiger charge is -2.52. The number of urea groups is 1. The molecule has 9 heteroatoms. The van der Waals surface area contributed by atoms with E-state index in [9.17, 15) is 19.2 Å². The largest absolute Gasteiger partial charge is 0.427 e. The van der Waals surface area contributed by atoms with E-state index >= 15 is 0 Å². The average molecular weight is 787 g/mol. The quantitative estimate of drug-likeness (QED) is 0.0515. The molecule has 0 spiro atoms. The molecule has 0 bridgehead atoms. The van der Waals surface area contributed by atoms with E-state index in [1.807, 2.05) is 71.6 Å². The highest BCUT2D eigenvalue weighted by Gasteiger charge is 2.49. The van der Waals surface area contributed by atoms with E-state index in [-0.39, 0.29) is 55.7 Å². The molecule has 9 nitrogen and oxygen atoms in total. The maximum atomic E-state index is 14.8. The Kier molecular flexibility index (Phi) is 16.2. The molecule has 4 aromatic rings. The van der Waals surface area contributed by atoms with Crippen molar-refractivity contribution >= 4 is 34.6 Å². The number of para-hydroxylation sites is 1. The normalized spacial score (nSPS) is 17.3. The summed E-state index contributed by atoms with van der Waals surface area (Å²) >= 11 is 0. The van der Waals surface area contributed by atoms with E-state index in [4.69, 9.17) is 4.74 Å². The molecule has 2 fully saturated rings. The third kappa shape index (κ3) is 11.9. The topological polar surface area (TPSA) is 99.3 Å². The molecule has 2 saturated heterocycles. The number of carbonyl (C=O) groups is 4. The summed E-state index contributed by atoms with van der Waals surface area (Å²) in [4.78, 5) is 61.2. The highest BCUT2D eigenvalue weighted by atomic mass is 16.5. The minimum atomic E-state index is -0.760. The molecule has 308 valence electrons. The highest BCUT2D eigenvalue weighted by Crippen LogP contribution is 2.33. The number of hydrogen-bond donors (Lipinski definition) is 1. The van der Waals surface area contributed by atoms with Crippen LogP contribution in [-0.4, -0.2) is 63.8 Å². The van der Waals surface area contributed by atoms with E-state index in [0.717, 1.165) is 47.6 Å². The predicted molar refractivity (Wildman–Crippen MR) is 230 cm³/mol. The number of ether oxygens (including phenoxy) is 1. The van der Waals surface area contributed by atoms with Gasteiger partial charge in [0.2, 0.25) is 11.8 Å². The zero-order valence-electron chi connectivity index (χ0n) is 34.4. The van der Waals surface area contributed by atoms with E-state index < -0.39 is 12.2 Å². The molecule has 2 aliphatic rings. The van der Waals surface area contributed by atoms with Crippen molar-refractivity contribution in [2.75, 3.05) is 13.1 Å². The number of carbonyl (C=O) groups excluding carboxylic acids is 4. The van der Waals surface area contributed by atoms with Crippen molar-refractivity contribution in [3.8, 4) is 5.75 Å². The van der Waals surface area contributed by atoms with Crippen LogP contribution in [-0.2, 0) is 27.5 Å². The number of rotatable bonds is 21. The fourth-order valence-electron chi connectivity index (χ4n) is 8.71. The molecule has 2 heterocycles. The number of amides is 4. The molecule has 2 aliphatic heterocycles. The number of benzene rings is 4. The first-order valence-electron chi connectivity index (χ1n) is 21.8. The molecule has 3 atom stereocenters.